The summed E-state index contributed by atoms with van der Waals surface area (Å²) in [5, 5.41) is 34.1. The summed E-state index contributed by atoms with van der Waals surface area (Å²) in [6.45, 7) is 7.47. The van der Waals surface area contributed by atoms with Crippen LogP contribution in [0.1, 0.15) is 70.3 Å². The molecule has 0 unspecified atom stereocenters. The van der Waals surface area contributed by atoms with Crippen LogP contribution in [-0.2, 0) is 27.1 Å². The third-order valence-electron chi connectivity index (χ3n) is 8.99. The highest BCUT2D eigenvalue weighted by atomic mass is 16.5. The van der Waals surface area contributed by atoms with Crippen molar-refractivity contribution in [3.63, 3.8) is 0 Å². The van der Waals surface area contributed by atoms with Crippen molar-refractivity contribution in [3.8, 4) is 11.4 Å². The molecule has 0 fully saturated rings. The number of aryl methyl sites for hydroxylation is 2. The van der Waals surface area contributed by atoms with E-state index in [9.17, 15) is 9.59 Å². The molecule has 3 N–H and O–H groups in total. The van der Waals surface area contributed by atoms with Crippen molar-refractivity contribution >= 4 is 28.7 Å². The standard InChI is InChI=1S/C21H22N6O2.C11H13N3O3.C8H8N4/c1-14-10-20-22-13-17(21(15(2)29-3)26(20)25-14)12-19(28)11-16-4-6-18(7-5-16)27-23-8-9-24-27;1-6-4-9-12-5-8(11(15)16)10(7(2)17-3)14(9)13-6;9-7-1-3-8(4-2-7)12-10-5-6-11-12/h4-10,13,15H,11-12H2,1-3H3;4-5,7H,1-3H3,(H,15,16);1-6H,9H2/t15-;7-;/m00./s1. The fraction of sp³-hybridized carbons (Fsp3) is 0.250. The molecule has 298 valence electrons. The van der Waals surface area contributed by atoms with Gasteiger partial charge >= 0.3 is 5.97 Å². The molecule has 0 aliphatic heterocycles. The van der Waals surface area contributed by atoms with Crippen molar-refractivity contribution in [2.24, 2.45) is 0 Å². The zero-order valence-corrected chi connectivity index (χ0v) is 32.8. The Kier molecular flexibility index (Phi) is 12.7. The lowest BCUT2D eigenvalue weighted by Crippen LogP contribution is -2.15. The van der Waals surface area contributed by atoms with Crippen LogP contribution in [-0.4, -0.2) is 90.3 Å². The molecule has 18 heteroatoms. The minimum absolute atomic E-state index is 0.101. The monoisotopic (exact) mass is 785 g/mol. The molecule has 6 aromatic heterocycles. The van der Waals surface area contributed by atoms with Crippen LogP contribution < -0.4 is 5.73 Å². The number of carboxylic acids is 1. The molecule has 58 heavy (non-hydrogen) atoms. The molecule has 2 atom stereocenters. The molecule has 0 spiro atoms. The zero-order valence-electron chi connectivity index (χ0n) is 32.8. The van der Waals surface area contributed by atoms with Crippen LogP contribution in [0.3, 0.4) is 0 Å². The molecule has 8 rings (SSSR count). The number of ketones is 1. The Labute approximate surface area is 332 Å². The number of fused-ring (bicyclic) bond motifs is 2. The summed E-state index contributed by atoms with van der Waals surface area (Å²) in [5.74, 6) is -0.934. The molecule has 2 aromatic carbocycles. The van der Waals surface area contributed by atoms with Crippen LogP contribution in [0.4, 0.5) is 5.69 Å². The molecular weight excluding hydrogens is 743 g/mol. The lowest BCUT2D eigenvalue weighted by molar-refractivity contribution is -0.117. The number of benzene rings is 2. The molecule has 8 aromatic rings. The van der Waals surface area contributed by atoms with Gasteiger partial charge in [-0.05, 0) is 69.7 Å². The van der Waals surface area contributed by atoms with E-state index in [0.717, 1.165) is 50.9 Å². The van der Waals surface area contributed by atoms with Crippen molar-refractivity contribution in [1.29, 1.82) is 0 Å². The number of anilines is 1. The van der Waals surface area contributed by atoms with Crippen LogP contribution >= 0.6 is 0 Å². The molecule has 18 nitrogen and oxygen atoms in total. The van der Waals surface area contributed by atoms with Crippen LogP contribution in [0, 0.1) is 13.8 Å². The average Bonchev–Trinajstić information content (AvgIpc) is 4.06. The normalized spacial score (nSPS) is 12.0. The van der Waals surface area contributed by atoms with E-state index in [0.29, 0.717) is 17.8 Å². The number of ether oxygens (including phenoxy) is 2. The first-order chi connectivity index (χ1) is 27.9. The van der Waals surface area contributed by atoms with Crippen LogP contribution in [0.5, 0.6) is 0 Å². The highest BCUT2D eigenvalue weighted by molar-refractivity contribution is 5.89. The SMILES string of the molecule is CO[C@@H](C)c1c(C(=O)O)cnc2cc(C)nn12.CO[C@@H](C)c1c(CC(=O)Cc2ccc(-n3nccn3)cc2)cnc2cc(C)nn12.Nc1ccc(-n2nccn2)cc1. The number of Topliss-reactive ketones (excluding diaryl/α,β-unsaturated/α-hetero) is 1. The number of nitrogens with zero attached hydrogens (tertiary/aromatic N) is 12. The summed E-state index contributed by atoms with van der Waals surface area (Å²) in [7, 11) is 3.17. The molecule has 0 aliphatic rings. The van der Waals surface area contributed by atoms with E-state index in [1.165, 1.54) is 22.6 Å². The summed E-state index contributed by atoms with van der Waals surface area (Å²) in [4.78, 5) is 35.5. The number of hydrogen-bond donors (Lipinski definition) is 2. The number of hydrogen-bond acceptors (Lipinski definition) is 13. The highest BCUT2D eigenvalue weighted by Crippen LogP contribution is 2.24. The molecule has 0 amide bonds. The number of methoxy groups -OCH3 is 2. The number of aromatic nitrogens is 12. The van der Waals surface area contributed by atoms with Gasteiger partial charge in [0.05, 0.1) is 71.1 Å². The minimum atomic E-state index is -1.04. The molecular formula is C40H43N13O5. The van der Waals surface area contributed by atoms with E-state index in [1.807, 2.05) is 75.4 Å². The molecule has 0 aliphatic carbocycles. The number of nitrogens with two attached hydrogens (primary N) is 1. The van der Waals surface area contributed by atoms with Gasteiger partial charge in [0.1, 0.15) is 11.3 Å². The Morgan fingerprint density at radius 3 is 1.66 bits per heavy atom. The summed E-state index contributed by atoms with van der Waals surface area (Å²) in [5.41, 5.74) is 14.3. The van der Waals surface area contributed by atoms with E-state index >= 15 is 0 Å². The topological polar surface area (TPSA) is 221 Å². The number of rotatable bonds is 11. The smallest absolute Gasteiger partial charge is 0.339 e. The molecule has 0 saturated heterocycles. The number of carbonyl (C=O) groups excluding carboxylic acids is 1. The first kappa shape index (κ1) is 40.5. The van der Waals surface area contributed by atoms with Gasteiger partial charge in [-0.15, -0.1) is 0 Å². The van der Waals surface area contributed by atoms with Crippen LogP contribution in [0.2, 0.25) is 0 Å². The Hall–Kier alpha value is -7.18. The molecule has 0 saturated carbocycles. The third-order valence-corrected chi connectivity index (χ3v) is 8.99. The summed E-state index contributed by atoms with van der Waals surface area (Å²) in [6.07, 6.45) is 9.65. The average molecular weight is 786 g/mol. The second-order valence-electron chi connectivity index (χ2n) is 13.2. The van der Waals surface area contributed by atoms with Crippen molar-refractivity contribution in [2.45, 2.75) is 52.7 Å². The van der Waals surface area contributed by atoms with E-state index in [-0.39, 0.29) is 30.0 Å². The molecule has 6 heterocycles. The molecule has 0 bridgehead atoms. The predicted octanol–water partition coefficient (Wildman–Crippen LogP) is 4.97. The largest absolute Gasteiger partial charge is 0.478 e. The number of carbonyl (C=O) groups is 2. The second-order valence-corrected chi connectivity index (χ2v) is 13.2. The second kappa shape index (κ2) is 18.2. The molecule has 0 radical (unpaired) electrons. The van der Waals surface area contributed by atoms with Gasteiger partial charge in [-0.3, -0.25) is 4.79 Å². The Bertz CT molecular complexity index is 2600. The maximum Gasteiger partial charge on any atom is 0.339 e. The lowest BCUT2D eigenvalue weighted by Gasteiger charge is -2.16. The Morgan fingerprint density at radius 1 is 0.690 bits per heavy atom. The minimum Gasteiger partial charge on any atom is -0.478 e. The predicted molar refractivity (Wildman–Crippen MR) is 213 cm³/mol. The number of aromatic carboxylic acids is 1. The van der Waals surface area contributed by atoms with Gasteiger partial charge in [0, 0.05) is 62.8 Å². The fourth-order valence-corrected chi connectivity index (χ4v) is 6.07. The van der Waals surface area contributed by atoms with Gasteiger partial charge in [-0.2, -0.15) is 40.2 Å². The first-order valence-electron chi connectivity index (χ1n) is 18.1. The van der Waals surface area contributed by atoms with Gasteiger partial charge in [-0.1, -0.05) is 12.1 Å². The highest BCUT2D eigenvalue weighted by Gasteiger charge is 2.21. The maximum atomic E-state index is 12.8. The van der Waals surface area contributed by atoms with E-state index in [2.05, 4.69) is 40.6 Å². The van der Waals surface area contributed by atoms with Gasteiger partial charge < -0.3 is 20.3 Å². The Balaban J connectivity index is 0.000000164. The van der Waals surface area contributed by atoms with Gasteiger partial charge in [0.25, 0.3) is 0 Å². The lowest BCUT2D eigenvalue weighted by atomic mass is 10.0. The van der Waals surface area contributed by atoms with E-state index in [4.69, 9.17) is 20.3 Å². The third kappa shape index (κ3) is 9.43. The number of carboxylic acid groups (broad SMARTS) is 1. The van der Waals surface area contributed by atoms with Crippen LogP contribution in [0.25, 0.3) is 22.7 Å². The maximum absolute atomic E-state index is 12.8. The summed E-state index contributed by atoms with van der Waals surface area (Å²) < 4.78 is 14.0. The fourth-order valence-electron chi connectivity index (χ4n) is 6.07. The van der Waals surface area contributed by atoms with Gasteiger partial charge in [0.15, 0.2) is 11.3 Å². The van der Waals surface area contributed by atoms with Crippen molar-refractivity contribution in [3.05, 3.63) is 137 Å². The summed E-state index contributed by atoms with van der Waals surface area (Å²) in [6, 6.07) is 18.7. The Morgan fingerprint density at radius 2 is 1.16 bits per heavy atom. The van der Waals surface area contributed by atoms with Crippen molar-refractivity contribution in [2.75, 3.05) is 20.0 Å². The van der Waals surface area contributed by atoms with Crippen molar-refractivity contribution < 1.29 is 24.2 Å². The first-order valence-corrected chi connectivity index (χ1v) is 18.1. The van der Waals surface area contributed by atoms with Gasteiger partial charge in [-0.25, -0.2) is 23.8 Å². The van der Waals surface area contributed by atoms with Crippen molar-refractivity contribution in [1.82, 2.24) is 59.2 Å². The van der Waals surface area contributed by atoms with Crippen LogP contribution in [0.15, 0.2) is 97.8 Å². The number of nitrogen functional groups attached to an aromatic ring is 1. The van der Waals surface area contributed by atoms with Gasteiger partial charge in [0.2, 0.25) is 0 Å². The zero-order chi connectivity index (χ0) is 41.3. The quantitative estimate of drug-likeness (QED) is 0.165. The summed E-state index contributed by atoms with van der Waals surface area (Å²) >= 11 is 0. The van der Waals surface area contributed by atoms with E-state index < -0.39 is 5.97 Å². The van der Waals surface area contributed by atoms with E-state index in [1.54, 1.807) is 60.4 Å².